The van der Waals surface area contributed by atoms with Gasteiger partial charge in [0.1, 0.15) is 0 Å². The lowest BCUT2D eigenvalue weighted by Gasteiger charge is -2.08. The van der Waals surface area contributed by atoms with E-state index < -0.39 is 0 Å². The summed E-state index contributed by atoms with van der Waals surface area (Å²) in [7, 11) is 1.63. The molecule has 0 saturated carbocycles. The summed E-state index contributed by atoms with van der Waals surface area (Å²) in [5, 5.41) is 0. The third-order valence-corrected chi connectivity index (χ3v) is 1.69. The SMILES string of the molecule is C=CC=N/C(OC)=C(\C)C(C)C. The standard InChI is InChI=1S/C10H17NO/c1-6-7-11-10(12-5)9(4)8(2)3/h6-8H,1H2,2-5H3/b10-9-,11-7?. The van der Waals surface area contributed by atoms with Crippen LogP contribution in [0.3, 0.4) is 0 Å². The molecule has 0 radical (unpaired) electrons. The number of hydrogen-bond acceptors (Lipinski definition) is 2. The van der Waals surface area contributed by atoms with Crippen LogP contribution < -0.4 is 0 Å². The zero-order valence-corrected chi connectivity index (χ0v) is 8.29. The molecule has 0 aliphatic carbocycles. The van der Waals surface area contributed by atoms with Crippen LogP contribution in [-0.4, -0.2) is 13.3 Å². The van der Waals surface area contributed by atoms with E-state index in [2.05, 4.69) is 25.4 Å². The van der Waals surface area contributed by atoms with Gasteiger partial charge in [-0.25, -0.2) is 4.99 Å². The zero-order chi connectivity index (χ0) is 9.56. The highest BCUT2D eigenvalue weighted by Crippen LogP contribution is 2.14. The second-order valence-electron chi connectivity index (χ2n) is 2.86. The molecule has 0 aromatic carbocycles. The lowest BCUT2D eigenvalue weighted by molar-refractivity contribution is 0.280. The van der Waals surface area contributed by atoms with Gasteiger partial charge in [0, 0.05) is 6.21 Å². The van der Waals surface area contributed by atoms with Gasteiger partial charge < -0.3 is 4.74 Å². The van der Waals surface area contributed by atoms with Crippen molar-refractivity contribution in [3.8, 4) is 0 Å². The van der Waals surface area contributed by atoms with E-state index in [9.17, 15) is 0 Å². The molecule has 0 saturated heterocycles. The Morgan fingerprint density at radius 3 is 2.42 bits per heavy atom. The van der Waals surface area contributed by atoms with Gasteiger partial charge in [0.25, 0.3) is 0 Å². The molecule has 2 heteroatoms. The van der Waals surface area contributed by atoms with Crippen LogP contribution in [0, 0.1) is 5.92 Å². The molecule has 12 heavy (non-hydrogen) atoms. The van der Waals surface area contributed by atoms with Gasteiger partial charge in [0.05, 0.1) is 7.11 Å². The van der Waals surface area contributed by atoms with Gasteiger partial charge >= 0.3 is 0 Å². The molecule has 0 heterocycles. The Morgan fingerprint density at radius 1 is 1.50 bits per heavy atom. The second kappa shape index (κ2) is 5.58. The number of aliphatic imine (C=N–C) groups is 1. The first-order valence-corrected chi connectivity index (χ1v) is 4.03. The Morgan fingerprint density at radius 2 is 2.08 bits per heavy atom. The van der Waals surface area contributed by atoms with Crippen molar-refractivity contribution in [3.63, 3.8) is 0 Å². The predicted molar refractivity (Wildman–Crippen MR) is 53.2 cm³/mol. The molecular formula is C10H17NO. The number of ether oxygens (including phenoxy) is 1. The van der Waals surface area contributed by atoms with E-state index in [1.165, 1.54) is 0 Å². The number of nitrogens with zero attached hydrogens (tertiary/aromatic N) is 1. The highest BCUT2D eigenvalue weighted by molar-refractivity contribution is 5.71. The Labute approximate surface area is 74.7 Å². The summed E-state index contributed by atoms with van der Waals surface area (Å²) in [5.41, 5.74) is 1.15. The largest absolute Gasteiger partial charge is 0.481 e. The third-order valence-electron chi connectivity index (χ3n) is 1.69. The van der Waals surface area contributed by atoms with Crippen molar-refractivity contribution in [2.45, 2.75) is 20.8 Å². The summed E-state index contributed by atoms with van der Waals surface area (Å²) in [5.74, 6) is 1.15. The van der Waals surface area contributed by atoms with Gasteiger partial charge in [0.15, 0.2) is 0 Å². The Kier molecular flexibility index (Phi) is 5.09. The highest BCUT2D eigenvalue weighted by atomic mass is 16.5. The summed E-state index contributed by atoms with van der Waals surface area (Å²) >= 11 is 0. The molecule has 0 aliphatic heterocycles. The first-order valence-electron chi connectivity index (χ1n) is 4.03. The molecule has 0 atom stereocenters. The summed E-state index contributed by atoms with van der Waals surface area (Å²) < 4.78 is 5.11. The van der Waals surface area contributed by atoms with Gasteiger partial charge in [0.2, 0.25) is 5.88 Å². The molecule has 0 bridgehead atoms. The van der Waals surface area contributed by atoms with Crippen LogP contribution in [-0.2, 0) is 4.74 Å². The van der Waals surface area contributed by atoms with Crippen molar-refractivity contribution in [2.24, 2.45) is 10.9 Å². The maximum Gasteiger partial charge on any atom is 0.212 e. The molecule has 68 valence electrons. The summed E-state index contributed by atoms with van der Waals surface area (Å²) in [6.45, 7) is 9.78. The van der Waals surface area contributed by atoms with Crippen LogP contribution in [0.2, 0.25) is 0 Å². The smallest absolute Gasteiger partial charge is 0.212 e. The Hall–Kier alpha value is -1.05. The fourth-order valence-corrected chi connectivity index (χ4v) is 0.683. The molecule has 2 nitrogen and oxygen atoms in total. The van der Waals surface area contributed by atoms with E-state index in [0.717, 1.165) is 5.57 Å². The molecule has 0 spiro atoms. The number of allylic oxidation sites excluding steroid dienone is 2. The van der Waals surface area contributed by atoms with E-state index >= 15 is 0 Å². The second-order valence-corrected chi connectivity index (χ2v) is 2.86. The average Bonchev–Trinajstić information content (AvgIpc) is 2.05. The minimum absolute atomic E-state index is 0.460. The molecule has 0 unspecified atom stereocenters. The fraction of sp³-hybridized carbons (Fsp3) is 0.500. The molecule has 0 aliphatic rings. The van der Waals surface area contributed by atoms with E-state index in [4.69, 9.17) is 4.74 Å². The average molecular weight is 167 g/mol. The monoisotopic (exact) mass is 167 g/mol. The van der Waals surface area contributed by atoms with Crippen LogP contribution in [0.5, 0.6) is 0 Å². The summed E-state index contributed by atoms with van der Waals surface area (Å²) in [6, 6.07) is 0. The van der Waals surface area contributed by atoms with Crippen LogP contribution in [0.15, 0.2) is 29.1 Å². The van der Waals surface area contributed by atoms with Gasteiger partial charge in [-0.05, 0) is 18.4 Å². The topological polar surface area (TPSA) is 21.6 Å². The van der Waals surface area contributed by atoms with Crippen LogP contribution in [0.4, 0.5) is 0 Å². The molecule has 0 N–H and O–H groups in total. The van der Waals surface area contributed by atoms with E-state index in [0.29, 0.717) is 11.8 Å². The maximum atomic E-state index is 5.11. The van der Waals surface area contributed by atoms with Gasteiger partial charge in [-0.1, -0.05) is 26.5 Å². The predicted octanol–water partition coefficient (Wildman–Crippen LogP) is 2.78. The van der Waals surface area contributed by atoms with Crippen molar-refractivity contribution in [2.75, 3.05) is 7.11 Å². The van der Waals surface area contributed by atoms with Crippen LogP contribution >= 0.6 is 0 Å². The molecule has 0 aromatic rings. The minimum atomic E-state index is 0.460. The molecule has 0 fully saturated rings. The first kappa shape index (κ1) is 11.0. The van der Waals surface area contributed by atoms with Crippen molar-refractivity contribution >= 4 is 6.21 Å². The maximum absolute atomic E-state index is 5.11. The van der Waals surface area contributed by atoms with Crippen molar-refractivity contribution in [1.29, 1.82) is 0 Å². The van der Waals surface area contributed by atoms with Gasteiger partial charge in [-0.2, -0.15) is 0 Å². The summed E-state index contributed by atoms with van der Waals surface area (Å²) in [6.07, 6.45) is 3.26. The van der Waals surface area contributed by atoms with Crippen molar-refractivity contribution in [3.05, 3.63) is 24.1 Å². The summed E-state index contributed by atoms with van der Waals surface area (Å²) in [4.78, 5) is 4.10. The fourth-order valence-electron chi connectivity index (χ4n) is 0.683. The minimum Gasteiger partial charge on any atom is -0.481 e. The molecule has 0 amide bonds. The Bertz CT molecular complexity index is 202. The number of hydrogen-bond donors (Lipinski definition) is 0. The third kappa shape index (κ3) is 3.37. The Balaban J connectivity index is 4.60. The lowest BCUT2D eigenvalue weighted by atomic mass is 10.1. The van der Waals surface area contributed by atoms with Gasteiger partial charge in [-0.3, -0.25) is 0 Å². The molecule has 0 aromatic heterocycles. The van der Waals surface area contributed by atoms with E-state index in [1.807, 2.05) is 6.92 Å². The molecule has 0 rings (SSSR count). The zero-order valence-electron chi connectivity index (χ0n) is 8.29. The van der Waals surface area contributed by atoms with Gasteiger partial charge in [-0.15, -0.1) is 0 Å². The van der Waals surface area contributed by atoms with E-state index in [1.54, 1.807) is 19.4 Å². The van der Waals surface area contributed by atoms with Crippen molar-refractivity contribution in [1.82, 2.24) is 0 Å². The number of rotatable bonds is 4. The van der Waals surface area contributed by atoms with Crippen molar-refractivity contribution < 1.29 is 4.74 Å². The normalized spacial score (nSPS) is 13.4. The number of methoxy groups -OCH3 is 1. The van der Waals surface area contributed by atoms with E-state index in [-0.39, 0.29) is 0 Å². The lowest BCUT2D eigenvalue weighted by Crippen LogP contribution is -1.96. The highest BCUT2D eigenvalue weighted by Gasteiger charge is 2.03. The quantitative estimate of drug-likeness (QED) is 0.466. The first-order chi connectivity index (χ1) is 5.63. The van der Waals surface area contributed by atoms with Crippen LogP contribution in [0.1, 0.15) is 20.8 Å². The van der Waals surface area contributed by atoms with Crippen LogP contribution in [0.25, 0.3) is 0 Å². The molecular weight excluding hydrogens is 150 g/mol.